The van der Waals surface area contributed by atoms with E-state index in [2.05, 4.69) is 10.6 Å². The summed E-state index contributed by atoms with van der Waals surface area (Å²) >= 11 is 0. The number of carbonyl (C=O) groups is 3. The first kappa shape index (κ1) is 20.9. The summed E-state index contributed by atoms with van der Waals surface area (Å²) < 4.78 is 0. The van der Waals surface area contributed by atoms with Gasteiger partial charge in [0.25, 0.3) is 11.8 Å². The molecule has 0 unspecified atom stereocenters. The molecule has 2 rings (SSSR count). The Balaban J connectivity index is 1.95. The molecule has 1 fully saturated rings. The number of carboxylic acid groups (broad SMARTS) is 1. The van der Waals surface area contributed by atoms with Crippen LogP contribution in [0.1, 0.15) is 73.6 Å². The van der Waals surface area contributed by atoms with Crippen LogP contribution in [0.3, 0.4) is 0 Å². The second kappa shape index (κ2) is 8.55. The van der Waals surface area contributed by atoms with Crippen LogP contribution in [0, 0.1) is 10.8 Å². The van der Waals surface area contributed by atoms with E-state index in [0.717, 1.165) is 19.3 Å². The molecule has 0 saturated heterocycles. The highest BCUT2D eigenvalue weighted by molar-refractivity contribution is 5.98. The molecule has 1 aromatic carbocycles. The van der Waals surface area contributed by atoms with E-state index < -0.39 is 11.4 Å². The van der Waals surface area contributed by atoms with Crippen LogP contribution in [0.5, 0.6) is 0 Å². The van der Waals surface area contributed by atoms with Crippen LogP contribution in [-0.4, -0.2) is 36.0 Å². The van der Waals surface area contributed by atoms with Crippen molar-refractivity contribution in [1.82, 2.24) is 10.6 Å². The Morgan fingerprint density at radius 3 is 1.85 bits per heavy atom. The lowest BCUT2D eigenvalue weighted by molar-refractivity contribution is -0.150. The normalized spacial score (nSPS) is 16.4. The lowest BCUT2D eigenvalue weighted by Crippen LogP contribution is -2.44. The monoisotopic (exact) mass is 374 g/mol. The molecule has 0 heterocycles. The fourth-order valence-electron chi connectivity index (χ4n) is 3.27. The van der Waals surface area contributed by atoms with Crippen LogP contribution in [0.2, 0.25) is 0 Å². The molecule has 1 saturated carbocycles. The molecule has 0 bridgehead atoms. The van der Waals surface area contributed by atoms with Gasteiger partial charge in [-0.15, -0.1) is 0 Å². The van der Waals surface area contributed by atoms with Gasteiger partial charge >= 0.3 is 5.97 Å². The molecule has 1 aromatic rings. The van der Waals surface area contributed by atoms with Crippen molar-refractivity contribution in [2.45, 2.75) is 52.9 Å². The van der Waals surface area contributed by atoms with Gasteiger partial charge in [-0.25, -0.2) is 0 Å². The number of benzene rings is 1. The zero-order valence-electron chi connectivity index (χ0n) is 16.4. The summed E-state index contributed by atoms with van der Waals surface area (Å²) in [4.78, 5) is 36.2. The summed E-state index contributed by atoms with van der Waals surface area (Å²) in [5, 5.41) is 15.2. The third kappa shape index (κ3) is 5.81. The number of aliphatic carboxylic acids is 1. The summed E-state index contributed by atoms with van der Waals surface area (Å²) in [5.74, 6) is -1.33. The highest BCUT2D eigenvalue weighted by Gasteiger charge is 2.39. The average molecular weight is 374 g/mol. The SMILES string of the molecule is CC(C)(C)CNC(=O)c1ccc(C(=O)NCC2(C(=O)O)CCCCC2)cc1. The molecule has 3 N–H and O–H groups in total. The summed E-state index contributed by atoms with van der Waals surface area (Å²) in [6.45, 7) is 6.81. The predicted octanol–water partition coefficient (Wildman–Crippen LogP) is 3.23. The van der Waals surface area contributed by atoms with Crippen LogP contribution in [0.15, 0.2) is 24.3 Å². The average Bonchev–Trinajstić information content (AvgIpc) is 2.64. The predicted molar refractivity (Wildman–Crippen MR) is 104 cm³/mol. The van der Waals surface area contributed by atoms with Crippen LogP contribution < -0.4 is 10.6 Å². The van der Waals surface area contributed by atoms with E-state index in [0.29, 0.717) is 30.5 Å². The number of rotatable bonds is 6. The van der Waals surface area contributed by atoms with Crippen molar-refractivity contribution in [2.75, 3.05) is 13.1 Å². The molecule has 148 valence electrons. The van der Waals surface area contributed by atoms with Crippen molar-refractivity contribution in [3.05, 3.63) is 35.4 Å². The standard InChI is InChI=1S/C21H30N2O4/c1-20(2,3)13-22-17(24)15-7-9-16(10-8-15)18(25)23-14-21(19(26)27)11-5-4-6-12-21/h7-10H,4-6,11-14H2,1-3H3,(H,22,24)(H,23,25)(H,26,27). The molecule has 0 aromatic heterocycles. The molecular formula is C21H30N2O4. The van der Waals surface area contributed by atoms with Gasteiger partial charge in [0, 0.05) is 24.2 Å². The number of amides is 2. The van der Waals surface area contributed by atoms with Gasteiger partial charge in [0.1, 0.15) is 0 Å². The van der Waals surface area contributed by atoms with Gasteiger partial charge in [0.15, 0.2) is 0 Å². The van der Waals surface area contributed by atoms with E-state index in [1.54, 1.807) is 24.3 Å². The fourth-order valence-corrected chi connectivity index (χ4v) is 3.27. The minimum atomic E-state index is -0.860. The third-order valence-corrected chi connectivity index (χ3v) is 5.04. The lowest BCUT2D eigenvalue weighted by Gasteiger charge is -2.33. The molecule has 0 aliphatic heterocycles. The van der Waals surface area contributed by atoms with Crippen molar-refractivity contribution in [3.63, 3.8) is 0 Å². The zero-order valence-corrected chi connectivity index (χ0v) is 16.4. The Morgan fingerprint density at radius 2 is 1.41 bits per heavy atom. The highest BCUT2D eigenvalue weighted by Crippen LogP contribution is 2.36. The molecule has 0 spiro atoms. The van der Waals surface area contributed by atoms with Gasteiger partial charge in [0.2, 0.25) is 0 Å². The Bertz CT molecular complexity index is 683. The van der Waals surface area contributed by atoms with Gasteiger partial charge < -0.3 is 15.7 Å². The first-order valence-electron chi connectivity index (χ1n) is 9.53. The molecule has 1 aliphatic carbocycles. The van der Waals surface area contributed by atoms with Gasteiger partial charge in [-0.2, -0.15) is 0 Å². The minimum Gasteiger partial charge on any atom is -0.481 e. The number of hydrogen-bond acceptors (Lipinski definition) is 3. The molecule has 0 atom stereocenters. The quantitative estimate of drug-likeness (QED) is 0.712. The van der Waals surface area contributed by atoms with E-state index in [4.69, 9.17) is 0 Å². The molecule has 6 nitrogen and oxygen atoms in total. The first-order valence-corrected chi connectivity index (χ1v) is 9.53. The van der Waals surface area contributed by atoms with E-state index in [1.807, 2.05) is 20.8 Å². The minimum absolute atomic E-state index is 0.00525. The summed E-state index contributed by atoms with van der Waals surface area (Å²) in [5.41, 5.74) is 0.0406. The van der Waals surface area contributed by atoms with E-state index in [-0.39, 0.29) is 23.8 Å². The topological polar surface area (TPSA) is 95.5 Å². The zero-order chi connectivity index (χ0) is 20.1. The van der Waals surface area contributed by atoms with E-state index >= 15 is 0 Å². The first-order chi connectivity index (χ1) is 12.6. The largest absolute Gasteiger partial charge is 0.481 e. The Kier molecular flexibility index (Phi) is 6.63. The molecule has 0 radical (unpaired) electrons. The molecule has 6 heteroatoms. The summed E-state index contributed by atoms with van der Waals surface area (Å²) in [6.07, 6.45) is 3.98. The number of nitrogens with one attached hydrogen (secondary N) is 2. The van der Waals surface area contributed by atoms with Gasteiger partial charge in [0.05, 0.1) is 5.41 Å². The van der Waals surface area contributed by atoms with E-state index in [9.17, 15) is 19.5 Å². The summed E-state index contributed by atoms with van der Waals surface area (Å²) in [6, 6.07) is 6.41. The van der Waals surface area contributed by atoms with Crippen LogP contribution >= 0.6 is 0 Å². The Labute approximate surface area is 160 Å². The maximum atomic E-state index is 12.4. The van der Waals surface area contributed by atoms with Crippen molar-refractivity contribution < 1.29 is 19.5 Å². The van der Waals surface area contributed by atoms with E-state index in [1.165, 1.54) is 0 Å². The van der Waals surface area contributed by atoms with Crippen molar-refractivity contribution in [2.24, 2.45) is 10.8 Å². The Morgan fingerprint density at radius 1 is 0.926 bits per heavy atom. The maximum Gasteiger partial charge on any atom is 0.311 e. The molecule has 2 amide bonds. The number of carboxylic acids is 1. The number of hydrogen-bond donors (Lipinski definition) is 3. The second-order valence-corrected chi connectivity index (χ2v) is 8.65. The van der Waals surface area contributed by atoms with Gasteiger partial charge in [-0.1, -0.05) is 40.0 Å². The van der Waals surface area contributed by atoms with Gasteiger partial charge in [-0.05, 0) is 42.5 Å². The third-order valence-electron chi connectivity index (χ3n) is 5.04. The molecule has 1 aliphatic rings. The highest BCUT2D eigenvalue weighted by atomic mass is 16.4. The smallest absolute Gasteiger partial charge is 0.311 e. The summed E-state index contributed by atoms with van der Waals surface area (Å²) in [7, 11) is 0. The van der Waals surface area contributed by atoms with Crippen LogP contribution in [-0.2, 0) is 4.79 Å². The molecular weight excluding hydrogens is 344 g/mol. The Hall–Kier alpha value is -2.37. The van der Waals surface area contributed by atoms with Crippen molar-refractivity contribution in [3.8, 4) is 0 Å². The van der Waals surface area contributed by atoms with Crippen molar-refractivity contribution in [1.29, 1.82) is 0 Å². The van der Waals surface area contributed by atoms with Crippen molar-refractivity contribution >= 4 is 17.8 Å². The lowest BCUT2D eigenvalue weighted by atomic mass is 9.74. The molecule has 27 heavy (non-hydrogen) atoms. The fraction of sp³-hybridized carbons (Fsp3) is 0.571. The maximum absolute atomic E-state index is 12.4. The second-order valence-electron chi connectivity index (χ2n) is 8.65. The van der Waals surface area contributed by atoms with Crippen LogP contribution in [0.4, 0.5) is 0 Å². The number of carbonyl (C=O) groups excluding carboxylic acids is 2. The van der Waals surface area contributed by atoms with Crippen LogP contribution in [0.25, 0.3) is 0 Å². The van der Waals surface area contributed by atoms with Gasteiger partial charge in [-0.3, -0.25) is 14.4 Å².